The number of phosphoric ester groups is 1. The average molecular weight is 725 g/mol. The molecule has 0 unspecified atom stereocenters. The van der Waals surface area contributed by atoms with Gasteiger partial charge in [-0.15, -0.1) is 5.06 Å². The number of imidazole rings is 1. The molecule has 3 amide bonds. The topological polar surface area (TPSA) is 225 Å². The van der Waals surface area contributed by atoms with Crippen LogP contribution < -0.4 is 15.6 Å². The second kappa shape index (κ2) is 16.4. The number of aromatic nitrogens is 3. The maximum absolute atomic E-state index is 12.1. The minimum absolute atomic E-state index is 0.00382. The van der Waals surface area contributed by atoms with E-state index in [1.165, 1.54) is 0 Å². The van der Waals surface area contributed by atoms with Gasteiger partial charge in [-0.25, -0.2) is 19.3 Å². The molecule has 1 aliphatic rings. The summed E-state index contributed by atoms with van der Waals surface area (Å²) in [5.41, 5.74) is 11.0. The van der Waals surface area contributed by atoms with Crippen LogP contribution in [0.5, 0.6) is 5.75 Å². The molecular weight excluding hydrogens is 683 g/mol. The summed E-state index contributed by atoms with van der Waals surface area (Å²) in [4.78, 5) is 80.0. The van der Waals surface area contributed by atoms with E-state index >= 15 is 0 Å². The molecule has 3 heterocycles. The summed E-state index contributed by atoms with van der Waals surface area (Å²) in [6.07, 6.45) is 2.74. The summed E-state index contributed by atoms with van der Waals surface area (Å²) in [6, 6.07) is 11.0. The fourth-order valence-electron chi connectivity index (χ4n) is 5.74. The number of carbonyl (C=O) groups is 4. The van der Waals surface area contributed by atoms with Crippen molar-refractivity contribution < 1.29 is 47.6 Å². The number of amides is 3. The summed E-state index contributed by atoms with van der Waals surface area (Å²) >= 11 is 0. The van der Waals surface area contributed by atoms with Gasteiger partial charge in [0.25, 0.3) is 11.8 Å². The minimum atomic E-state index is -4.70. The number of fused-ring (bicyclic) bond motifs is 3. The van der Waals surface area contributed by atoms with E-state index in [4.69, 9.17) is 24.8 Å². The van der Waals surface area contributed by atoms with Crippen molar-refractivity contribution in [3.8, 4) is 5.75 Å². The number of nitrogens with zero attached hydrogens (tertiary/aromatic N) is 4. The Bertz CT molecular complexity index is 1990. The summed E-state index contributed by atoms with van der Waals surface area (Å²) in [5, 5.41) is 3.99. The first-order valence-corrected chi connectivity index (χ1v) is 18.2. The number of nitrogens with one attached hydrogen (secondary N) is 1. The van der Waals surface area contributed by atoms with Crippen molar-refractivity contribution in [2.24, 2.45) is 0 Å². The Hall–Kier alpha value is -4.89. The van der Waals surface area contributed by atoms with Gasteiger partial charge in [0.1, 0.15) is 17.1 Å². The number of rotatable bonds is 17. The number of carbonyl (C=O) groups excluding carboxylic acids is 4. The van der Waals surface area contributed by atoms with E-state index in [9.17, 15) is 33.5 Å². The molecule has 272 valence electrons. The highest BCUT2D eigenvalue weighted by atomic mass is 31.2. The second-order valence-electron chi connectivity index (χ2n) is 12.2. The highest BCUT2D eigenvalue weighted by molar-refractivity contribution is 7.46. The number of pyridine rings is 1. The first-order chi connectivity index (χ1) is 24.3. The third-order valence-corrected chi connectivity index (χ3v) is 8.69. The van der Waals surface area contributed by atoms with Gasteiger partial charge in [0.2, 0.25) is 5.91 Å². The third kappa shape index (κ3) is 9.67. The molecule has 2 aromatic heterocycles. The van der Waals surface area contributed by atoms with Gasteiger partial charge in [-0.3, -0.25) is 24.2 Å². The number of hydrogen-bond donors (Lipinski definition) is 4. The molecule has 2 aromatic carbocycles. The summed E-state index contributed by atoms with van der Waals surface area (Å²) < 4.78 is 24.1. The molecule has 1 fully saturated rings. The predicted molar refractivity (Wildman–Crippen MR) is 185 cm³/mol. The van der Waals surface area contributed by atoms with Crippen LogP contribution in [0.4, 0.5) is 5.82 Å². The molecule has 0 saturated carbocycles. The number of hydroxylamine groups is 2. The predicted octanol–water partition coefficient (Wildman–Crippen LogP) is 3.40. The van der Waals surface area contributed by atoms with Gasteiger partial charge < -0.3 is 29.7 Å². The Kier molecular flexibility index (Phi) is 12.0. The zero-order chi connectivity index (χ0) is 36.7. The number of nitrogen functional groups attached to an aromatic ring is 1. The fraction of sp³-hybridized carbons (Fsp3) is 0.412. The molecule has 0 radical (unpaired) electrons. The van der Waals surface area contributed by atoms with Crippen LogP contribution in [-0.2, 0) is 52.7 Å². The normalized spacial score (nSPS) is 13.4. The van der Waals surface area contributed by atoms with E-state index in [0.29, 0.717) is 47.1 Å². The maximum Gasteiger partial charge on any atom is 0.524 e. The number of hydrogen-bond acceptors (Lipinski definition) is 11. The lowest BCUT2D eigenvalue weighted by Gasteiger charge is -2.14. The number of unbranched alkanes of at least 4 members (excludes halogenated alkanes) is 1. The van der Waals surface area contributed by atoms with E-state index in [1.807, 2.05) is 24.3 Å². The SMILES string of the molecule is CCCCc1nc2c(N)nc3ccc(CCOCCNC(=O)CCC(=O)ON4C(=O)CCC4=O)cc3c2n1Cc1ccc(OP(=O)(O)O)c(C)c1. The molecule has 4 aromatic rings. The fourth-order valence-corrected chi connectivity index (χ4v) is 6.20. The number of ether oxygens (including phenoxy) is 1. The van der Waals surface area contributed by atoms with Gasteiger partial charge >= 0.3 is 13.8 Å². The zero-order valence-electron chi connectivity index (χ0n) is 28.4. The highest BCUT2D eigenvalue weighted by Crippen LogP contribution is 2.39. The van der Waals surface area contributed by atoms with Crippen LogP contribution in [0.25, 0.3) is 21.9 Å². The van der Waals surface area contributed by atoms with Crippen molar-refractivity contribution in [1.82, 2.24) is 24.9 Å². The molecule has 0 bridgehead atoms. The smallest absolute Gasteiger partial charge is 0.404 e. The molecule has 0 aliphatic carbocycles. The number of anilines is 1. The Labute approximate surface area is 293 Å². The zero-order valence-corrected chi connectivity index (χ0v) is 29.3. The molecule has 1 aliphatic heterocycles. The number of imide groups is 1. The van der Waals surface area contributed by atoms with Crippen LogP contribution in [0.3, 0.4) is 0 Å². The van der Waals surface area contributed by atoms with Gasteiger partial charge in [0.05, 0.1) is 30.7 Å². The Morgan fingerprint density at radius 2 is 1.75 bits per heavy atom. The summed E-state index contributed by atoms with van der Waals surface area (Å²) in [7, 11) is -4.70. The maximum atomic E-state index is 12.1. The Morgan fingerprint density at radius 1 is 1.00 bits per heavy atom. The molecule has 5 rings (SSSR count). The second-order valence-corrected chi connectivity index (χ2v) is 13.4. The van der Waals surface area contributed by atoms with Crippen LogP contribution in [0, 0.1) is 6.92 Å². The van der Waals surface area contributed by atoms with Crippen LogP contribution in [0.1, 0.15) is 68.0 Å². The Balaban J connectivity index is 1.22. The molecule has 1 saturated heterocycles. The Morgan fingerprint density at radius 3 is 2.45 bits per heavy atom. The van der Waals surface area contributed by atoms with Crippen LogP contribution >= 0.6 is 7.82 Å². The lowest BCUT2D eigenvalue weighted by atomic mass is 10.1. The minimum Gasteiger partial charge on any atom is -0.404 e. The molecule has 5 N–H and O–H groups in total. The highest BCUT2D eigenvalue weighted by Gasteiger charge is 2.32. The van der Waals surface area contributed by atoms with Crippen molar-refractivity contribution in [2.45, 2.75) is 71.8 Å². The van der Waals surface area contributed by atoms with E-state index < -0.39 is 31.5 Å². The van der Waals surface area contributed by atoms with Crippen molar-refractivity contribution >= 4 is 59.3 Å². The van der Waals surface area contributed by atoms with Crippen LogP contribution in [0.2, 0.25) is 0 Å². The first-order valence-electron chi connectivity index (χ1n) is 16.7. The molecule has 16 nitrogen and oxygen atoms in total. The van der Waals surface area contributed by atoms with Crippen molar-refractivity contribution in [2.75, 3.05) is 25.5 Å². The molecule has 17 heteroatoms. The molecular formula is C34H41N6O10P. The molecule has 51 heavy (non-hydrogen) atoms. The average Bonchev–Trinajstić information content (AvgIpc) is 3.60. The summed E-state index contributed by atoms with van der Waals surface area (Å²) in [6.45, 7) is 5.11. The third-order valence-electron chi connectivity index (χ3n) is 8.26. The van der Waals surface area contributed by atoms with Gasteiger partial charge in [-0.1, -0.05) is 31.5 Å². The van der Waals surface area contributed by atoms with E-state index in [-0.39, 0.29) is 44.6 Å². The van der Waals surface area contributed by atoms with Gasteiger partial charge in [-0.2, -0.15) is 0 Å². The molecule has 0 atom stereocenters. The number of aryl methyl sites for hydroxylation is 2. The van der Waals surface area contributed by atoms with E-state index in [2.05, 4.69) is 21.8 Å². The molecule has 0 spiro atoms. The lowest BCUT2D eigenvalue weighted by Crippen LogP contribution is -2.33. The van der Waals surface area contributed by atoms with E-state index in [1.54, 1.807) is 19.1 Å². The lowest BCUT2D eigenvalue weighted by molar-refractivity contribution is -0.197. The van der Waals surface area contributed by atoms with Crippen molar-refractivity contribution in [1.29, 1.82) is 0 Å². The standard InChI is InChI=1S/C34H41N6O10P/c1-3-4-5-27-38-32-33(39(27)20-23-7-9-26(21(2)18-23)50-51(45,46)47)24-19-22(6-8-25(24)37-34(32)35)14-16-48-17-15-36-28(41)10-13-31(44)49-40-29(42)11-12-30(40)43/h6-9,18-19H,3-5,10-17,20H2,1-2H3,(H2,35,37)(H,36,41)(H2,45,46,47). The van der Waals surface area contributed by atoms with Crippen LogP contribution in [0.15, 0.2) is 36.4 Å². The van der Waals surface area contributed by atoms with Gasteiger partial charge in [0, 0.05) is 44.2 Å². The first kappa shape index (κ1) is 37.4. The quantitative estimate of drug-likeness (QED) is 0.0697. The number of benzene rings is 2. The van der Waals surface area contributed by atoms with E-state index in [0.717, 1.165) is 47.1 Å². The number of nitrogens with two attached hydrogens (primary N) is 1. The van der Waals surface area contributed by atoms with Crippen molar-refractivity contribution in [3.63, 3.8) is 0 Å². The van der Waals surface area contributed by atoms with Crippen LogP contribution in [-0.4, -0.2) is 72.8 Å². The van der Waals surface area contributed by atoms with Gasteiger partial charge in [-0.05, 0) is 54.7 Å². The summed E-state index contributed by atoms with van der Waals surface area (Å²) in [5.74, 6) is -1.10. The number of phosphoric acid groups is 1. The van der Waals surface area contributed by atoms with Crippen molar-refractivity contribution in [3.05, 3.63) is 58.9 Å². The monoisotopic (exact) mass is 724 g/mol. The van der Waals surface area contributed by atoms with Gasteiger partial charge in [0.15, 0.2) is 5.82 Å². The largest absolute Gasteiger partial charge is 0.524 e.